The van der Waals surface area contributed by atoms with Gasteiger partial charge in [0, 0.05) is 18.2 Å². The van der Waals surface area contributed by atoms with E-state index in [-0.39, 0.29) is 12.5 Å². The third-order valence-electron chi connectivity index (χ3n) is 4.25. The largest absolute Gasteiger partial charge is 0.337 e. The first-order chi connectivity index (χ1) is 11.9. The Bertz CT molecular complexity index is 898. The fourth-order valence-corrected chi connectivity index (χ4v) is 2.51. The van der Waals surface area contributed by atoms with Gasteiger partial charge < -0.3 is 9.42 Å². The van der Waals surface area contributed by atoms with E-state index in [1.807, 2.05) is 63.2 Å². The van der Waals surface area contributed by atoms with Crippen molar-refractivity contribution in [3.8, 4) is 11.4 Å². The Morgan fingerprint density at radius 2 is 1.76 bits per heavy atom. The molecule has 0 aliphatic carbocycles. The van der Waals surface area contributed by atoms with Crippen LogP contribution in [0.1, 0.15) is 32.9 Å². The Kier molecular flexibility index (Phi) is 4.65. The molecule has 0 aliphatic rings. The summed E-state index contributed by atoms with van der Waals surface area (Å²) in [6, 6.07) is 13.6. The minimum Gasteiger partial charge on any atom is -0.337 e. The predicted molar refractivity (Wildman–Crippen MR) is 96.2 cm³/mol. The normalized spacial score (nSPS) is 10.7. The Morgan fingerprint density at radius 1 is 1.04 bits per heavy atom. The molecule has 5 heteroatoms. The third kappa shape index (κ3) is 3.76. The molecule has 0 fully saturated rings. The van der Waals surface area contributed by atoms with Crippen LogP contribution >= 0.6 is 0 Å². The minimum absolute atomic E-state index is 0.0711. The number of nitrogens with zero attached hydrogens (tertiary/aromatic N) is 3. The summed E-state index contributed by atoms with van der Waals surface area (Å²) in [4.78, 5) is 18.5. The highest BCUT2D eigenvalue weighted by Gasteiger charge is 2.16. The van der Waals surface area contributed by atoms with Gasteiger partial charge in [-0.05, 0) is 44.0 Å². The smallest absolute Gasteiger partial charge is 0.254 e. The van der Waals surface area contributed by atoms with Crippen LogP contribution in [0.5, 0.6) is 0 Å². The number of amides is 1. The van der Waals surface area contributed by atoms with Gasteiger partial charge in [-0.15, -0.1) is 0 Å². The van der Waals surface area contributed by atoms with Crippen LogP contribution in [-0.2, 0) is 6.54 Å². The number of hydrogen-bond donors (Lipinski definition) is 0. The molecule has 5 nitrogen and oxygen atoms in total. The molecule has 2 aromatic carbocycles. The van der Waals surface area contributed by atoms with Crippen LogP contribution in [0.15, 0.2) is 47.0 Å². The zero-order valence-corrected chi connectivity index (χ0v) is 14.9. The van der Waals surface area contributed by atoms with Gasteiger partial charge in [0.25, 0.3) is 5.91 Å². The Labute approximate surface area is 147 Å². The quantitative estimate of drug-likeness (QED) is 0.725. The number of carbonyl (C=O) groups excluding carboxylic acids is 1. The summed E-state index contributed by atoms with van der Waals surface area (Å²) in [5.41, 5.74) is 4.98. The summed E-state index contributed by atoms with van der Waals surface area (Å²) in [5, 5.41) is 4.00. The molecule has 1 heterocycles. The van der Waals surface area contributed by atoms with Crippen LogP contribution in [0.25, 0.3) is 11.4 Å². The van der Waals surface area contributed by atoms with Crippen molar-refractivity contribution in [3.05, 3.63) is 70.6 Å². The van der Waals surface area contributed by atoms with Gasteiger partial charge in [-0.2, -0.15) is 4.98 Å². The summed E-state index contributed by atoms with van der Waals surface area (Å²) >= 11 is 0. The molecule has 1 amide bonds. The van der Waals surface area contributed by atoms with Crippen LogP contribution in [0, 0.1) is 20.8 Å². The number of benzene rings is 2. The molecule has 0 aliphatic heterocycles. The van der Waals surface area contributed by atoms with Crippen LogP contribution in [0.4, 0.5) is 0 Å². The van der Waals surface area contributed by atoms with E-state index in [4.69, 9.17) is 4.52 Å². The Hall–Kier alpha value is -2.95. The standard InChI is InChI=1S/C20H21N3O2/c1-13-5-8-16(9-6-13)19-21-18(25-22-19)12-23(4)20(24)17-10-7-14(2)15(3)11-17/h5-11H,12H2,1-4H3. The van der Waals surface area contributed by atoms with Crippen LogP contribution in [-0.4, -0.2) is 28.0 Å². The van der Waals surface area contributed by atoms with Gasteiger partial charge in [-0.3, -0.25) is 4.79 Å². The van der Waals surface area contributed by atoms with E-state index in [2.05, 4.69) is 10.1 Å². The topological polar surface area (TPSA) is 59.2 Å². The lowest BCUT2D eigenvalue weighted by Gasteiger charge is -2.15. The van der Waals surface area contributed by atoms with Gasteiger partial charge in [0.05, 0.1) is 6.54 Å². The molecule has 25 heavy (non-hydrogen) atoms. The summed E-state index contributed by atoms with van der Waals surface area (Å²) in [7, 11) is 1.73. The highest BCUT2D eigenvalue weighted by Crippen LogP contribution is 2.17. The van der Waals surface area contributed by atoms with Crippen molar-refractivity contribution in [2.24, 2.45) is 0 Å². The zero-order chi connectivity index (χ0) is 18.0. The molecular weight excluding hydrogens is 314 g/mol. The molecule has 0 bridgehead atoms. The molecule has 0 atom stereocenters. The average molecular weight is 335 g/mol. The van der Waals surface area contributed by atoms with Crippen molar-refractivity contribution < 1.29 is 9.32 Å². The van der Waals surface area contributed by atoms with E-state index in [1.54, 1.807) is 11.9 Å². The summed E-state index contributed by atoms with van der Waals surface area (Å²) < 4.78 is 5.29. The number of carbonyl (C=O) groups is 1. The van der Waals surface area contributed by atoms with Gasteiger partial charge in [0.15, 0.2) is 0 Å². The second-order valence-electron chi connectivity index (χ2n) is 6.34. The Morgan fingerprint density at radius 3 is 2.44 bits per heavy atom. The summed E-state index contributed by atoms with van der Waals surface area (Å²) in [6.07, 6.45) is 0. The van der Waals surface area contributed by atoms with Crippen LogP contribution < -0.4 is 0 Å². The molecule has 0 N–H and O–H groups in total. The first kappa shape index (κ1) is 16.9. The van der Waals surface area contributed by atoms with Gasteiger partial charge in [0.1, 0.15) is 0 Å². The monoisotopic (exact) mass is 335 g/mol. The van der Waals surface area contributed by atoms with Crippen molar-refractivity contribution in [2.75, 3.05) is 7.05 Å². The molecule has 128 valence electrons. The fraction of sp³-hybridized carbons (Fsp3) is 0.250. The van der Waals surface area contributed by atoms with Crippen LogP contribution in [0.2, 0.25) is 0 Å². The maximum Gasteiger partial charge on any atom is 0.254 e. The zero-order valence-electron chi connectivity index (χ0n) is 14.9. The second kappa shape index (κ2) is 6.89. The van der Waals surface area contributed by atoms with Gasteiger partial charge >= 0.3 is 0 Å². The molecule has 3 rings (SSSR count). The molecule has 0 saturated heterocycles. The second-order valence-corrected chi connectivity index (χ2v) is 6.34. The lowest BCUT2D eigenvalue weighted by atomic mass is 10.1. The van der Waals surface area contributed by atoms with Gasteiger partial charge in [-0.25, -0.2) is 0 Å². The SMILES string of the molecule is Cc1ccc(-c2noc(CN(C)C(=O)c3ccc(C)c(C)c3)n2)cc1. The van der Waals surface area contributed by atoms with E-state index in [1.165, 1.54) is 11.1 Å². The number of aromatic nitrogens is 2. The van der Waals surface area contributed by atoms with Crippen molar-refractivity contribution in [1.29, 1.82) is 0 Å². The molecular formula is C20H21N3O2. The van der Waals surface area contributed by atoms with Crippen molar-refractivity contribution in [2.45, 2.75) is 27.3 Å². The third-order valence-corrected chi connectivity index (χ3v) is 4.25. The lowest BCUT2D eigenvalue weighted by Crippen LogP contribution is -2.26. The van der Waals surface area contributed by atoms with Crippen molar-refractivity contribution >= 4 is 5.91 Å². The molecule has 0 radical (unpaired) electrons. The number of hydrogen-bond acceptors (Lipinski definition) is 4. The Balaban J connectivity index is 1.72. The number of rotatable bonds is 4. The van der Waals surface area contributed by atoms with E-state index < -0.39 is 0 Å². The predicted octanol–water partition coefficient (Wildman–Crippen LogP) is 3.93. The van der Waals surface area contributed by atoms with Crippen molar-refractivity contribution in [3.63, 3.8) is 0 Å². The highest BCUT2D eigenvalue weighted by atomic mass is 16.5. The van der Waals surface area contributed by atoms with Crippen molar-refractivity contribution in [1.82, 2.24) is 15.0 Å². The first-order valence-corrected chi connectivity index (χ1v) is 8.16. The molecule has 3 aromatic rings. The van der Waals surface area contributed by atoms with Gasteiger partial charge in [0.2, 0.25) is 11.7 Å². The summed E-state index contributed by atoms with van der Waals surface area (Å²) in [6.45, 7) is 6.32. The average Bonchev–Trinajstić information content (AvgIpc) is 3.05. The fourth-order valence-electron chi connectivity index (χ4n) is 2.51. The summed E-state index contributed by atoms with van der Waals surface area (Å²) in [5.74, 6) is 0.871. The molecule has 0 unspecified atom stereocenters. The maximum atomic E-state index is 12.6. The number of aryl methyl sites for hydroxylation is 3. The first-order valence-electron chi connectivity index (χ1n) is 8.16. The highest BCUT2D eigenvalue weighted by molar-refractivity contribution is 5.94. The van der Waals surface area contributed by atoms with E-state index in [9.17, 15) is 4.79 Å². The minimum atomic E-state index is -0.0711. The maximum absolute atomic E-state index is 12.6. The molecule has 1 aromatic heterocycles. The molecule has 0 spiro atoms. The van der Waals surface area contributed by atoms with E-state index in [0.29, 0.717) is 17.3 Å². The molecule has 0 saturated carbocycles. The van der Waals surface area contributed by atoms with E-state index in [0.717, 1.165) is 11.1 Å². The van der Waals surface area contributed by atoms with E-state index >= 15 is 0 Å². The lowest BCUT2D eigenvalue weighted by molar-refractivity contribution is 0.0769. The van der Waals surface area contributed by atoms with Crippen LogP contribution in [0.3, 0.4) is 0 Å². The van der Waals surface area contributed by atoms with Gasteiger partial charge in [-0.1, -0.05) is 41.1 Å².